The van der Waals surface area contributed by atoms with Gasteiger partial charge in [0.25, 0.3) is 0 Å². The Labute approximate surface area is 71.7 Å². The molecular weight excluding hydrogens is 159 g/mol. The Morgan fingerprint density at radius 1 is 1.58 bits per heavy atom. The van der Waals surface area contributed by atoms with Gasteiger partial charge in [0.1, 0.15) is 6.04 Å². The van der Waals surface area contributed by atoms with Crippen molar-refractivity contribution in [3.63, 3.8) is 0 Å². The molecule has 5 nitrogen and oxygen atoms in total. The van der Waals surface area contributed by atoms with Gasteiger partial charge in [0.05, 0.1) is 0 Å². The standard InChI is InChI=1S/C6H11BN2O3/c7-6(12)9-3-1-2-4(8)5(10)11/h4H,1-3,8H2,(H,9,12)(H,10,11)/t4-/m0/s1. The van der Waals surface area contributed by atoms with Crippen LogP contribution in [0, 0.1) is 0 Å². The second-order valence-electron chi connectivity index (χ2n) is 2.38. The maximum Gasteiger partial charge on any atom is 0.320 e. The van der Waals surface area contributed by atoms with Crippen LogP contribution < -0.4 is 11.1 Å². The van der Waals surface area contributed by atoms with E-state index in [4.69, 9.17) is 18.7 Å². The molecule has 0 fully saturated rings. The average molecular weight is 170 g/mol. The van der Waals surface area contributed by atoms with E-state index in [-0.39, 0.29) is 0 Å². The Morgan fingerprint density at radius 2 is 2.17 bits per heavy atom. The SMILES string of the molecule is [B]C(=O)NCCC[C@H](N)C(=O)O. The summed E-state index contributed by atoms with van der Waals surface area (Å²) >= 11 is 0. The first kappa shape index (κ1) is 11.0. The Bertz CT molecular complexity index is 174. The topological polar surface area (TPSA) is 92.4 Å². The molecule has 0 unspecified atom stereocenters. The normalized spacial score (nSPS) is 12.1. The van der Waals surface area contributed by atoms with Gasteiger partial charge in [-0.05, 0) is 12.8 Å². The number of carboxylic acids is 1. The number of nitrogens with one attached hydrogen (secondary N) is 1. The fraction of sp³-hybridized carbons (Fsp3) is 0.667. The van der Waals surface area contributed by atoms with Crippen LogP contribution in [0.4, 0.5) is 4.79 Å². The van der Waals surface area contributed by atoms with E-state index in [2.05, 4.69) is 5.32 Å². The molecule has 0 saturated carbocycles. The molecule has 12 heavy (non-hydrogen) atoms. The van der Waals surface area contributed by atoms with Gasteiger partial charge in [-0.1, -0.05) is 0 Å². The third-order valence-electron chi connectivity index (χ3n) is 1.31. The number of amides is 1. The zero-order chi connectivity index (χ0) is 9.56. The van der Waals surface area contributed by atoms with Gasteiger partial charge < -0.3 is 16.2 Å². The number of carbonyl (C=O) groups excluding carboxylic acids is 1. The third kappa shape index (κ3) is 5.73. The second kappa shape index (κ2) is 5.59. The summed E-state index contributed by atoms with van der Waals surface area (Å²) in [4.78, 5) is 20.3. The van der Waals surface area contributed by atoms with Gasteiger partial charge in [-0.15, -0.1) is 0 Å². The van der Waals surface area contributed by atoms with Crippen LogP contribution >= 0.6 is 0 Å². The number of carbonyl (C=O) groups is 2. The van der Waals surface area contributed by atoms with Crippen LogP contribution in [0.5, 0.6) is 0 Å². The van der Waals surface area contributed by atoms with E-state index in [9.17, 15) is 9.59 Å². The quantitative estimate of drug-likeness (QED) is 0.366. The van der Waals surface area contributed by atoms with Crippen molar-refractivity contribution in [2.45, 2.75) is 18.9 Å². The molecule has 0 spiro atoms. The first-order chi connectivity index (χ1) is 5.54. The molecule has 1 atom stereocenters. The monoisotopic (exact) mass is 170 g/mol. The van der Waals surface area contributed by atoms with Crippen LogP contribution in [0.25, 0.3) is 0 Å². The smallest absolute Gasteiger partial charge is 0.320 e. The highest BCUT2D eigenvalue weighted by Gasteiger charge is 2.09. The van der Waals surface area contributed by atoms with Gasteiger partial charge in [-0.25, -0.2) is 0 Å². The molecule has 0 bridgehead atoms. The van der Waals surface area contributed by atoms with Crippen LogP contribution in [0.3, 0.4) is 0 Å². The van der Waals surface area contributed by atoms with E-state index < -0.39 is 17.8 Å². The molecule has 0 aromatic heterocycles. The lowest BCUT2D eigenvalue weighted by molar-refractivity contribution is -0.138. The van der Waals surface area contributed by atoms with Crippen molar-refractivity contribution in [1.29, 1.82) is 0 Å². The number of aliphatic carboxylic acids is 1. The number of hydrogen-bond acceptors (Lipinski definition) is 3. The molecule has 6 heteroatoms. The van der Waals surface area contributed by atoms with Crippen molar-refractivity contribution >= 4 is 19.6 Å². The number of nitrogens with two attached hydrogens (primary N) is 1. The summed E-state index contributed by atoms with van der Waals surface area (Å²) in [6.07, 6.45) is 0.839. The average Bonchev–Trinajstić information content (AvgIpc) is 1.97. The molecule has 0 heterocycles. The van der Waals surface area contributed by atoms with Crippen molar-refractivity contribution in [3.05, 3.63) is 0 Å². The Kier molecular flexibility index (Phi) is 5.11. The number of rotatable bonds is 5. The summed E-state index contributed by atoms with van der Waals surface area (Å²) in [6, 6.07) is -0.861. The predicted molar refractivity (Wildman–Crippen MR) is 44.0 cm³/mol. The molecule has 4 N–H and O–H groups in total. The maximum absolute atomic E-state index is 10.2. The fourth-order valence-electron chi connectivity index (χ4n) is 0.657. The van der Waals surface area contributed by atoms with Crippen molar-refractivity contribution in [3.8, 4) is 0 Å². The van der Waals surface area contributed by atoms with E-state index in [1.165, 1.54) is 0 Å². The lowest BCUT2D eigenvalue weighted by Gasteiger charge is -2.05. The van der Waals surface area contributed by atoms with Crippen LogP contribution in [0.2, 0.25) is 0 Å². The van der Waals surface area contributed by atoms with E-state index in [1.807, 2.05) is 0 Å². The summed E-state index contributed by atoms with van der Waals surface area (Å²) < 4.78 is 0. The van der Waals surface area contributed by atoms with Crippen molar-refractivity contribution in [2.75, 3.05) is 6.54 Å². The number of carboxylic acid groups (broad SMARTS) is 1. The molecule has 2 radical (unpaired) electrons. The highest BCUT2D eigenvalue weighted by Crippen LogP contribution is 1.92. The molecular formula is C6H11BN2O3. The molecule has 0 rings (SSSR count). The molecule has 0 aromatic carbocycles. The van der Waals surface area contributed by atoms with Crippen LogP contribution in [0.15, 0.2) is 0 Å². The largest absolute Gasteiger partial charge is 0.480 e. The Morgan fingerprint density at radius 3 is 2.58 bits per heavy atom. The van der Waals surface area contributed by atoms with Crippen molar-refractivity contribution in [1.82, 2.24) is 5.32 Å². The van der Waals surface area contributed by atoms with Crippen molar-refractivity contribution < 1.29 is 14.7 Å². The van der Waals surface area contributed by atoms with Gasteiger partial charge in [-0.2, -0.15) is 0 Å². The van der Waals surface area contributed by atoms with Crippen LogP contribution in [0.1, 0.15) is 12.8 Å². The van der Waals surface area contributed by atoms with Gasteiger partial charge in [0, 0.05) is 6.54 Å². The van der Waals surface area contributed by atoms with Crippen molar-refractivity contribution in [2.24, 2.45) is 5.73 Å². The molecule has 0 aliphatic rings. The minimum Gasteiger partial charge on any atom is -0.480 e. The zero-order valence-corrected chi connectivity index (χ0v) is 6.62. The maximum atomic E-state index is 10.2. The van der Waals surface area contributed by atoms with E-state index in [0.717, 1.165) is 0 Å². The summed E-state index contributed by atoms with van der Waals surface area (Å²) in [6.45, 7) is 0.357. The summed E-state index contributed by atoms with van der Waals surface area (Å²) in [5.74, 6) is -1.65. The predicted octanol–water partition coefficient (Wildman–Crippen LogP) is -0.943. The van der Waals surface area contributed by atoms with Gasteiger partial charge in [-0.3, -0.25) is 9.59 Å². The van der Waals surface area contributed by atoms with E-state index >= 15 is 0 Å². The first-order valence-corrected chi connectivity index (χ1v) is 3.55. The van der Waals surface area contributed by atoms with Gasteiger partial charge in [0.2, 0.25) is 0 Å². The minimum absolute atomic E-state index is 0.329. The van der Waals surface area contributed by atoms with E-state index in [0.29, 0.717) is 19.4 Å². The number of hydrogen-bond donors (Lipinski definition) is 3. The lowest BCUT2D eigenvalue weighted by atomic mass is 10.1. The van der Waals surface area contributed by atoms with Gasteiger partial charge >= 0.3 is 5.97 Å². The lowest BCUT2D eigenvalue weighted by Crippen LogP contribution is -2.31. The zero-order valence-electron chi connectivity index (χ0n) is 6.62. The third-order valence-corrected chi connectivity index (χ3v) is 1.31. The molecule has 0 aliphatic heterocycles. The Balaban J connectivity index is 3.31. The highest BCUT2D eigenvalue weighted by molar-refractivity contribution is 6.57. The highest BCUT2D eigenvalue weighted by atomic mass is 16.4. The molecule has 1 amide bonds. The van der Waals surface area contributed by atoms with Crippen LogP contribution in [-0.4, -0.2) is 37.3 Å². The fourth-order valence-corrected chi connectivity index (χ4v) is 0.657. The second-order valence-corrected chi connectivity index (χ2v) is 2.38. The molecule has 0 aliphatic carbocycles. The van der Waals surface area contributed by atoms with Gasteiger partial charge in [0.15, 0.2) is 13.7 Å². The first-order valence-electron chi connectivity index (χ1n) is 3.55. The molecule has 0 saturated heterocycles. The summed E-state index contributed by atoms with van der Waals surface area (Å²) in [5.41, 5.74) is 5.19. The summed E-state index contributed by atoms with van der Waals surface area (Å²) in [7, 11) is 4.77. The molecule has 66 valence electrons. The Hall–Kier alpha value is -1.04. The van der Waals surface area contributed by atoms with E-state index in [1.54, 1.807) is 0 Å². The summed E-state index contributed by atoms with van der Waals surface area (Å²) in [5, 5.41) is 10.7. The molecule has 0 aromatic rings. The van der Waals surface area contributed by atoms with Crippen LogP contribution in [-0.2, 0) is 4.79 Å². The minimum atomic E-state index is -1.03.